The maximum absolute atomic E-state index is 11.9. The summed E-state index contributed by atoms with van der Waals surface area (Å²) < 4.78 is 0. The van der Waals surface area contributed by atoms with Crippen molar-refractivity contribution in [3.05, 3.63) is 24.3 Å². The number of benzene rings is 1. The van der Waals surface area contributed by atoms with Crippen LogP contribution in [0.3, 0.4) is 0 Å². The van der Waals surface area contributed by atoms with E-state index in [2.05, 4.69) is 26.9 Å². The summed E-state index contributed by atoms with van der Waals surface area (Å²) in [6.45, 7) is 4.90. The van der Waals surface area contributed by atoms with Crippen LogP contribution in [0.2, 0.25) is 0 Å². The molecule has 30 heavy (non-hydrogen) atoms. The molecule has 6 nitrogen and oxygen atoms in total. The van der Waals surface area contributed by atoms with Gasteiger partial charge < -0.3 is 15.5 Å². The van der Waals surface area contributed by atoms with Gasteiger partial charge in [-0.3, -0.25) is 14.9 Å². The third-order valence-electron chi connectivity index (χ3n) is 6.12. The summed E-state index contributed by atoms with van der Waals surface area (Å²) in [7, 11) is 0. The fourth-order valence-corrected chi connectivity index (χ4v) is 4.33. The summed E-state index contributed by atoms with van der Waals surface area (Å²) in [6.07, 6.45) is 13.0. The number of hydrogen-bond acceptors (Lipinski definition) is 5. The number of hydrogen-bond donors (Lipinski definition) is 3. The smallest absolute Gasteiger partial charge is 0.249 e. The second-order valence-corrected chi connectivity index (χ2v) is 8.68. The van der Waals surface area contributed by atoms with Gasteiger partial charge in [-0.05, 0) is 69.9 Å². The van der Waals surface area contributed by atoms with E-state index in [-0.39, 0.29) is 17.9 Å². The lowest BCUT2D eigenvalue weighted by molar-refractivity contribution is -0.133. The lowest BCUT2D eigenvalue weighted by Crippen LogP contribution is -2.47. The van der Waals surface area contributed by atoms with E-state index in [0.717, 1.165) is 17.9 Å². The Bertz CT molecular complexity index is 673. The predicted octanol–water partition coefficient (Wildman–Crippen LogP) is 4.14. The van der Waals surface area contributed by atoms with Gasteiger partial charge in [0.2, 0.25) is 11.8 Å². The van der Waals surface area contributed by atoms with Crippen molar-refractivity contribution < 1.29 is 9.59 Å². The van der Waals surface area contributed by atoms with Gasteiger partial charge >= 0.3 is 0 Å². The molecule has 1 unspecified atom stereocenters. The van der Waals surface area contributed by atoms with Crippen molar-refractivity contribution >= 4 is 23.2 Å². The molecule has 3 N–H and O–H groups in total. The minimum Gasteiger partial charge on any atom is -0.385 e. The van der Waals surface area contributed by atoms with Crippen molar-refractivity contribution in [2.45, 2.75) is 76.7 Å². The summed E-state index contributed by atoms with van der Waals surface area (Å²) in [4.78, 5) is 25.8. The van der Waals surface area contributed by atoms with Gasteiger partial charge in [-0.15, -0.1) is 0 Å². The zero-order chi connectivity index (χ0) is 21.0. The van der Waals surface area contributed by atoms with E-state index in [1.807, 2.05) is 18.2 Å². The second-order valence-electron chi connectivity index (χ2n) is 8.68. The molecule has 1 aromatic rings. The number of piperidine rings is 2. The first-order chi connectivity index (χ1) is 14.7. The molecule has 0 aromatic heterocycles. The molecule has 2 aliphatic rings. The number of nitrogens with one attached hydrogen (secondary N) is 3. The standard InChI is InChI=1S/C24H38N4O2/c29-23-14-13-22(24(30)27-23)26-21-12-10-11-20(19-21)25-15-6-3-1-2-4-7-16-28-17-8-5-9-18-28/h10-12,19,22,25-26H,1-9,13-18H2,(H,27,29,30). The van der Waals surface area contributed by atoms with Crippen molar-refractivity contribution in [2.24, 2.45) is 0 Å². The van der Waals surface area contributed by atoms with Crippen LogP contribution in [-0.2, 0) is 9.59 Å². The molecule has 2 aliphatic heterocycles. The van der Waals surface area contributed by atoms with Gasteiger partial charge in [-0.1, -0.05) is 38.2 Å². The van der Waals surface area contributed by atoms with Crippen LogP contribution in [0.25, 0.3) is 0 Å². The van der Waals surface area contributed by atoms with E-state index < -0.39 is 0 Å². The Morgan fingerprint density at radius 2 is 1.67 bits per heavy atom. The van der Waals surface area contributed by atoms with E-state index in [1.165, 1.54) is 77.4 Å². The molecule has 1 aromatic carbocycles. The molecule has 0 saturated carbocycles. The van der Waals surface area contributed by atoms with Crippen molar-refractivity contribution in [1.29, 1.82) is 0 Å². The number of carbonyl (C=O) groups excluding carboxylic acids is 2. The Labute approximate surface area is 181 Å². The highest BCUT2D eigenvalue weighted by Gasteiger charge is 2.26. The van der Waals surface area contributed by atoms with Gasteiger partial charge in [0.05, 0.1) is 0 Å². The first-order valence-corrected chi connectivity index (χ1v) is 11.9. The van der Waals surface area contributed by atoms with Gasteiger partial charge in [0, 0.05) is 24.3 Å². The van der Waals surface area contributed by atoms with Gasteiger partial charge in [0.25, 0.3) is 0 Å². The maximum Gasteiger partial charge on any atom is 0.249 e. The predicted molar refractivity (Wildman–Crippen MR) is 123 cm³/mol. The molecular weight excluding hydrogens is 376 g/mol. The number of amides is 2. The third kappa shape index (κ3) is 7.98. The molecule has 0 aliphatic carbocycles. The topological polar surface area (TPSA) is 73.5 Å². The summed E-state index contributed by atoms with van der Waals surface area (Å²) in [5.41, 5.74) is 1.97. The average Bonchev–Trinajstić information content (AvgIpc) is 2.75. The Morgan fingerprint density at radius 1 is 0.933 bits per heavy atom. The fraction of sp³-hybridized carbons (Fsp3) is 0.667. The lowest BCUT2D eigenvalue weighted by Gasteiger charge is -2.26. The minimum atomic E-state index is -0.340. The molecular formula is C24H38N4O2. The van der Waals surface area contributed by atoms with Crippen LogP contribution >= 0.6 is 0 Å². The van der Waals surface area contributed by atoms with Crippen molar-refractivity contribution in [2.75, 3.05) is 36.8 Å². The molecule has 166 valence electrons. The average molecular weight is 415 g/mol. The molecule has 0 radical (unpaired) electrons. The van der Waals surface area contributed by atoms with Gasteiger partial charge in [-0.2, -0.15) is 0 Å². The highest BCUT2D eigenvalue weighted by molar-refractivity contribution is 6.01. The number of unbranched alkanes of at least 4 members (excludes halogenated alkanes) is 5. The minimum absolute atomic E-state index is 0.185. The van der Waals surface area contributed by atoms with Crippen LogP contribution in [0, 0.1) is 0 Å². The van der Waals surface area contributed by atoms with Crippen LogP contribution in [0.4, 0.5) is 11.4 Å². The van der Waals surface area contributed by atoms with Crippen LogP contribution in [0.1, 0.15) is 70.6 Å². The monoisotopic (exact) mass is 414 g/mol. The number of carbonyl (C=O) groups is 2. The van der Waals surface area contributed by atoms with E-state index in [0.29, 0.717) is 12.8 Å². The number of nitrogens with zero attached hydrogens (tertiary/aromatic N) is 1. The molecule has 2 amide bonds. The van der Waals surface area contributed by atoms with Crippen LogP contribution in [0.5, 0.6) is 0 Å². The van der Waals surface area contributed by atoms with Crippen LogP contribution in [-0.4, -0.2) is 48.9 Å². The Hall–Kier alpha value is -2.08. The van der Waals surface area contributed by atoms with E-state index in [9.17, 15) is 9.59 Å². The number of rotatable bonds is 12. The quantitative estimate of drug-likeness (QED) is 0.354. The summed E-state index contributed by atoms with van der Waals surface area (Å²) in [5.74, 6) is -0.420. The van der Waals surface area contributed by atoms with Gasteiger partial charge in [-0.25, -0.2) is 0 Å². The van der Waals surface area contributed by atoms with E-state index in [4.69, 9.17) is 0 Å². The molecule has 3 rings (SSSR count). The van der Waals surface area contributed by atoms with Gasteiger partial charge in [0.15, 0.2) is 0 Å². The molecule has 0 bridgehead atoms. The Kier molecular flexibility index (Phi) is 9.48. The maximum atomic E-state index is 11.9. The van der Waals surface area contributed by atoms with Gasteiger partial charge in [0.1, 0.15) is 6.04 Å². The summed E-state index contributed by atoms with van der Waals surface area (Å²) >= 11 is 0. The molecule has 2 saturated heterocycles. The first-order valence-electron chi connectivity index (χ1n) is 11.9. The zero-order valence-corrected chi connectivity index (χ0v) is 18.3. The Morgan fingerprint density at radius 3 is 2.47 bits per heavy atom. The largest absolute Gasteiger partial charge is 0.385 e. The zero-order valence-electron chi connectivity index (χ0n) is 18.3. The molecule has 1 atom stereocenters. The molecule has 2 heterocycles. The van der Waals surface area contributed by atoms with Crippen molar-refractivity contribution in [1.82, 2.24) is 10.2 Å². The molecule has 0 spiro atoms. The fourth-order valence-electron chi connectivity index (χ4n) is 4.33. The summed E-state index contributed by atoms with van der Waals surface area (Å²) in [5, 5.41) is 9.11. The molecule has 2 fully saturated rings. The van der Waals surface area contributed by atoms with Crippen LogP contribution in [0.15, 0.2) is 24.3 Å². The highest BCUT2D eigenvalue weighted by Crippen LogP contribution is 2.19. The van der Waals surface area contributed by atoms with E-state index >= 15 is 0 Å². The van der Waals surface area contributed by atoms with Crippen molar-refractivity contribution in [3.8, 4) is 0 Å². The highest BCUT2D eigenvalue weighted by atomic mass is 16.2. The number of imide groups is 1. The number of likely N-dealkylation sites (tertiary alicyclic amines) is 1. The third-order valence-corrected chi connectivity index (χ3v) is 6.12. The molecule has 6 heteroatoms. The summed E-state index contributed by atoms with van der Waals surface area (Å²) in [6, 6.07) is 7.69. The second kappa shape index (κ2) is 12.6. The normalized spacial score (nSPS) is 20.1. The van der Waals surface area contributed by atoms with Crippen molar-refractivity contribution in [3.63, 3.8) is 0 Å². The Balaban J connectivity index is 1.23. The number of anilines is 2. The van der Waals surface area contributed by atoms with Crippen LogP contribution < -0.4 is 16.0 Å². The SMILES string of the molecule is O=C1CCC(Nc2cccc(NCCCCCCCCN3CCCCC3)c2)C(=O)N1. The lowest BCUT2D eigenvalue weighted by atomic mass is 10.1. The first kappa shape index (κ1) is 22.6. The van der Waals surface area contributed by atoms with E-state index in [1.54, 1.807) is 0 Å².